The van der Waals surface area contributed by atoms with E-state index >= 15 is 0 Å². The van der Waals surface area contributed by atoms with Gasteiger partial charge in [-0.15, -0.1) is 0 Å². The summed E-state index contributed by atoms with van der Waals surface area (Å²) in [6.07, 6.45) is 0. The number of hydrogen-bond acceptors (Lipinski definition) is 2. The molecule has 0 atom stereocenters. The largest absolute Gasteiger partial charge is 0.489 e. The first-order valence-electron chi connectivity index (χ1n) is 5.99. The van der Waals surface area contributed by atoms with E-state index in [4.69, 9.17) is 27.5 Å². The summed E-state index contributed by atoms with van der Waals surface area (Å²) < 4.78 is 6.79. The highest BCUT2D eigenvalue weighted by Crippen LogP contribution is 2.25. The van der Waals surface area contributed by atoms with Crippen LogP contribution in [0.25, 0.3) is 0 Å². The molecule has 0 saturated carbocycles. The van der Waals surface area contributed by atoms with Crippen LogP contribution in [0.3, 0.4) is 0 Å². The predicted molar refractivity (Wildman–Crippen MR) is 85.7 cm³/mol. The van der Waals surface area contributed by atoms with E-state index < -0.39 is 0 Å². The number of rotatable bonds is 4. The highest BCUT2D eigenvalue weighted by molar-refractivity contribution is 9.10. The van der Waals surface area contributed by atoms with Gasteiger partial charge in [0, 0.05) is 20.6 Å². The van der Waals surface area contributed by atoms with Crippen LogP contribution in [0.4, 0.5) is 0 Å². The quantitative estimate of drug-likeness (QED) is 0.637. The van der Waals surface area contributed by atoms with Gasteiger partial charge in [0.2, 0.25) is 0 Å². The first-order valence-corrected chi connectivity index (χ1v) is 7.16. The van der Waals surface area contributed by atoms with Crippen molar-refractivity contribution >= 4 is 33.4 Å². The maximum Gasteiger partial charge on any atom is 0.122 e. The average molecular weight is 354 g/mol. The lowest BCUT2D eigenvalue weighted by Crippen LogP contribution is -2.11. The van der Waals surface area contributed by atoms with E-state index in [2.05, 4.69) is 15.9 Å². The monoisotopic (exact) mass is 352 g/mol. The SMILES string of the molecule is Cc1cc(Br)ccc1OCc1ccc(C(=N)N)cc1Cl. The zero-order valence-corrected chi connectivity index (χ0v) is 13.3. The van der Waals surface area contributed by atoms with Gasteiger partial charge in [-0.25, -0.2) is 0 Å². The van der Waals surface area contributed by atoms with E-state index in [1.807, 2.05) is 31.2 Å². The van der Waals surface area contributed by atoms with Gasteiger partial charge in [0.05, 0.1) is 0 Å². The minimum atomic E-state index is 0.00289. The van der Waals surface area contributed by atoms with Crippen molar-refractivity contribution < 1.29 is 4.74 Å². The second-order valence-electron chi connectivity index (χ2n) is 4.42. The standard InChI is InChI=1S/C15H14BrClN2O/c1-9-6-12(16)4-5-14(9)20-8-11-3-2-10(15(18)19)7-13(11)17/h2-7H,8H2,1H3,(H3,18,19). The highest BCUT2D eigenvalue weighted by Gasteiger charge is 2.06. The molecule has 0 spiro atoms. The molecule has 2 aromatic rings. The van der Waals surface area contributed by atoms with Crippen LogP contribution >= 0.6 is 27.5 Å². The Morgan fingerprint density at radius 3 is 2.65 bits per heavy atom. The summed E-state index contributed by atoms with van der Waals surface area (Å²) in [5, 5.41) is 7.92. The summed E-state index contributed by atoms with van der Waals surface area (Å²) in [5.41, 5.74) is 7.94. The third-order valence-electron chi connectivity index (χ3n) is 2.88. The van der Waals surface area contributed by atoms with E-state index in [1.54, 1.807) is 12.1 Å². The second-order valence-corrected chi connectivity index (χ2v) is 5.74. The number of nitrogens with one attached hydrogen (secondary N) is 1. The number of hydrogen-bond donors (Lipinski definition) is 2. The molecule has 20 heavy (non-hydrogen) atoms. The van der Waals surface area contributed by atoms with E-state index in [1.165, 1.54) is 0 Å². The van der Waals surface area contributed by atoms with Crippen LogP contribution in [0.5, 0.6) is 5.75 Å². The van der Waals surface area contributed by atoms with Gasteiger partial charge in [0.25, 0.3) is 0 Å². The van der Waals surface area contributed by atoms with Crippen molar-refractivity contribution in [2.24, 2.45) is 5.73 Å². The van der Waals surface area contributed by atoms with E-state index in [0.717, 1.165) is 21.3 Å². The molecule has 0 fully saturated rings. The number of benzene rings is 2. The third-order valence-corrected chi connectivity index (χ3v) is 3.73. The van der Waals surface area contributed by atoms with Crippen molar-refractivity contribution in [3.63, 3.8) is 0 Å². The molecule has 0 heterocycles. The van der Waals surface area contributed by atoms with E-state index in [9.17, 15) is 0 Å². The van der Waals surface area contributed by atoms with Gasteiger partial charge in [0.1, 0.15) is 18.2 Å². The second kappa shape index (κ2) is 6.29. The van der Waals surface area contributed by atoms with Crippen LogP contribution in [0.2, 0.25) is 5.02 Å². The van der Waals surface area contributed by atoms with Crippen molar-refractivity contribution in [2.45, 2.75) is 13.5 Å². The molecule has 0 aliphatic rings. The minimum absolute atomic E-state index is 0.00289. The number of aryl methyl sites for hydroxylation is 1. The van der Waals surface area contributed by atoms with Crippen molar-refractivity contribution in [1.29, 1.82) is 5.41 Å². The average Bonchev–Trinajstić information content (AvgIpc) is 2.38. The highest BCUT2D eigenvalue weighted by atomic mass is 79.9. The Kier molecular flexibility index (Phi) is 4.68. The van der Waals surface area contributed by atoms with Crippen LogP contribution in [0.1, 0.15) is 16.7 Å². The Bertz CT molecular complexity index is 658. The Morgan fingerprint density at radius 2 is 2.05 bits per heavy atom. The van der Waals surface area contributed by atoms with Gasteiger partial charge in [-0.3, -0.25) is 5.41 Å². The molecule has 3 N–H and O–H groups in total. The number of nitrogen functional groups attached to an aromatic ring is 1. The molecule has 0 aliphatic heterocycles. The lowest BCUT2D eigenvalue weighted by molar-refractivity contribution is 0.304. The van der Waals surface area contributed by atoms with Crippen LogP contribution in [0.15, 0.2) is 40.9 Å². The number of nitrogens with two attached hydrogens (primary N) is 1. The molecule has 3 nitrogen and oxygen atoms in total. The normalized spacial score (nSPS) is 10.3. The zero-order chi connectivity index (χ0) is 14.7. The Hall–Kier alpha value is -1.52. The maximum absolute atomic E-state index is 7.37. The summed E-state index contributed by atoms with van der Waals surface area (Å²) >= 11 is 9.58. The van der Waals surface area contributed by atoms with Crippen LogP contribution in [-0.2, 0) is 6.61 Å². The molecule has 0 radical (unpaired) electrons. The Morgan fingerprint density at radius 1 is 1.30 bits per heavy atom. The molecule has 0 amide bonds. The van der Waals surface area contributed by atoms with Gasteiger partial charge >= 0.3 is 0 Å². The molecule has 2 rings (SSSR count). The van der Waals surface area contributed by atoms with Gasteiger partial charge < -0.3 is 10.5 Å². The van der Waals surface area contributed by atoms with Gasteiger partial charge in [0.15, 0.2) is 0 Å². The smallest absolute Gasteiger partial charge is 0.122 e. The Balaban J connectivity index is 2.13. The van der Waals surface area contributed by atoms with Crippen LogP contribution in [0, 0.1) is 12.3 Å². The fraction of sp³-hybridized carbons (Fsp3) is 0.133. The summed E-state index contributed by atoms with van der Waals surface area (Å²) in [6.45, 7) is 2.36. The number of ether oxygens (including phenoxy) is 1. The molecule has 0 aromatic heterocycles. The fourth-order valence-corrected chi connectivity index (χ4v) is 2.47. The predicted octanol–water partition coefficient (Wildman–Crippen LogP) is 4.27. The molecule has 0 saturated heterocycles. The first kappa shape index (κ1) is 14.9. The summed E-state index contributed by atoms with van der Waals surface area (Å²) in [6, 6.07) is 11.1. The summed E-state index contributed by atoms with van der Waals surface area (Å²) in [7, 11) is 0. The molecule has 0 aliphatic carbocycles. The molecule has 0 unspecified atom stereocenters. The molecule has 2 aromatic carbocycles. The van der Waals surface area contributed by atoms with E-state index in [0.29, 0.717) is 17.2 Å². The molecular weight excluding hydrogens is 340 g/mol. The fourth-order valence-electron chi connectivity index (χ4n) is 1.76. The van der Waals surface area contributed by atoms with Gasteiger partial charge in [-0.2, -0.15) is 0 Å². The van der Waals surface area contributed by atoms with Crippen molar-refractivity contribution in [1.82, 2.24) is 0 Å². The molecule has 5 heteroatoms. The minimum Gasteiger partial charge on any atom is -0.489 e. The first-order chi connectivity index (χ1) is 9.47. The number of halogens is 2. The maximum atomic E-state index is 7.37. The molecular formula is C15H14BrClN2O. The summed E-state index contributed by atoms with van der Waals surface area (Å²) in [4.78, 5) is 0. The Labute approximate surface area is 131 Å². The molecule has 0 bridgehead atoms. The van der Waals surface area contributed by atoms with Crippen LogP contribution < -0.4 is 10.5 Å². The van der Waals surface area contributed by atoms with E-state index in [-0.39, 0.29) is 5.84 Å². The lowest BCUT2D eigenvalue weighted by atomic mass is 10.1. The van der Waals surface area contributed by atoms with Crippen molar-refractivity contribution in [3.05, 3.63) is 62.6 Å². The summed E-state index contributed by atoms with van der Waals surface area (Å²) in [5.74, 6) is 0.822. The number of amidine groups is 1. The van der Waals surface area contributed by atoms with Gasteiger partial charge in [-0.05, 0) is 36.8 Å². The van der Waals surface area contributed by atoms with Crippen molar-refractivity contribution in [3.8, 4) is 5.75 Å². The third kappa shape index (κ3) is 3.52. The van der Waals surface area contributed by atoms with Gasteiger partial charge in [-0.1, -0.05) is 39.7 Å². The molecule has 104 valence electrons. The topological polar surface area (TPSA) is 59.1 Å². The lowest BCUT2D eigenvalue weighted by Gasteiger charge is -2.11. The van der Waals surface area contributed by atoms with Crippen molar-refractivity contribution in [2.75, 3.05) is 0 Å². The zero-order valence-electron chi connectivity index (χ0n) is 10.9. The van der Waals surface area contributed by atoms with Crippen LogP contribution in [-0.4, -0.2) is 5.84 Å².